The maximum Gasteiger partial charge on any atom is 0.255 e. The number of nitrogens with one attached hydrogen (secondary N) is 1. The minimum Gasteiger partial charge on any atom is -0.490 e. The molecule has 0 aliphatic carbocycles. The van der Waals surface area contributed by atoms with Gasteiger partial charge in [0.2, 0.25) is 0 Å². The molecule has 25 heavy (non-hydrogen) atoms. The largest absolute Gasteiger partial charge is 0.490 e. The molecule has 0 aliphatic heterocycles. The average molecular weight is 382 g/mol. The van der Waals surface area contributed by atoms with Crippen LogP contribution in [0.3, 0.4) is 0 Å². The second-order valence-corrected chi connectivity index (χ2v) is 6.32. The minimum atomic E-state index is -0.323. The number of benzene rings is 2. The molecule has 4 nitrogen and oxygen atoms in total. The molecule has 0 aromatic heterocycles. The normalized spacial score (nSPS) is 10.4. The lowest BCUT2D eigenvalue weighted by molar-refractivity contribution is 0.102. The molecular formula is C19H21Cl2NO3. The zero-order chi connectivity index (χ0) is 18.4. The van der Waals surface area contributed by atoms with Crippen molar-refractivity contribution >= 4 is 34.8 Å². The molecule has 0 unspecified atom stereocenters. The summed E-state index contributed by atoms with van der Waals surface area (Å²) in [7, 11) is 0. The van der Waals surface area contributed by atoms with Crippen LogP contribution >= 0.6 is 23.2 Å². The Morgan fingerprint density at radius 2 is 1.84 bits per heavy atom. The zero-order valence-corrected chi connectivity index (χ0v) is 16.0. The SMILES string of the molecule is CCCOc1c(Cl)cc(C(=O)Nc2ccc(C)cc2Cl)cc1OCC. The molecule has 0 saturated carbocycles. The molecule has 134 valence electrons. The van der Waals surface area contributed by atoms with Gasteiger partial charge in [-0.05, 0) is 50.1 Å². The fourth-order valence-electron chi connectivity index (χ4n) is 2.22. The van der Waals surface area contributed by atoms with Gasteiger partial charge in [-0.3, -0.25) is 4.79 Å². The highest BCUT2D eigenvalue weighted by Gasteiger charge is 2.17. The summed E-state index contributed by atoms with van der Waals surface area (Å²) in [6.45, 7) is 6.75. The summed E-state index contributed by atoms with van der Waals surface area (Å²) in [6.07, 6.45) is 0.843. The highest BCUT2D eigenvalue weighted by Crippen LogP contribution is 2.37. The first-order chi connectivity index (χ1) is 12.0. The van der Waals surface area contributed by atoms with Gasteiger partial charge in [0.1, 0.15) is 0 Å². The summed E-state index contributed by atoms with van der Waals surface area (Å²) < 4.78 is 11.2. The molecule has 2 aromatic rings. The van der Waals surface area contributed by atoms with Crippen LogP contribution in [0.2, 0.25) is 10.0 Å². The van der Waals surface area contributed by atoms with Gasteiger partial charge in [-0.15, -0.1) is 0 Å². The van der Waals surface area contributed by atoms with E-state index in [2.05, 4.69) is 5.32 Å². The van der Waals surface area contributed by atoms with Crippen LogP contribution < -0.4 is 14.8 Å². The number of amides is 1. The van der Waals surface area contributed by atoms with E-state index in [1.165, 1.54) is 0 Å². The Balaban J connectivity index is 2.29. The summed E-state index contributed by atoms with van der Waals surface area (Å²) in [4.78, 5) is 12.6. The van der Waals surface area contributed by atoms with Crippen LogP contribution in [-0.4, -0.2) is 19.1 Å². The number of ether oxygens (including phenoxy) is 2. The van der Waals surface area contributed by atoms with E-state index in [0.717, 1.165) is 12.0 Å². The molecule has 0 fully saturated rings. The van der Waals surface area contributed by atoms with E-state index < -0.39 is 0 Å². The highest BCUT2D eigenvalue weighted by molar-refractivity contribution is 6.34. The smallest absolute Gasteiger partial charge is 0.255 e. The Morgan fingerprint density at radius 1 is 1.08 bits per heavy atom. The van der Waals surface area contributed by atoms with E-state index in [-0.39, 0.29) is 5.91 Å². The number of anilines is 1. The molecule has 1 amide bonds. The zero-order valence-electron chi connectivity index (χ0n) is 14.5. The lowest BCUT2D eigenvalue weighted by Crippen LogP contribution is -2.13. The number of carbonyl (C=O) groups excluding carboxylic acids is 1. The van der Waals surface area contributed by atoms with Gasteiger partial charge in [-0.25, -0.2) is 0 Å². The first-order valence-corrected chi connectivity index (χ1v) is 8.88. The molecule has 0 spiro atoms. The van der Waals surface area contributed by atoms with Crippen LogP contribution in [0.1, 0.15) is 36.2 Å². The van der Waals surface area contributed by atoms with Gasteiger partial charge in [0.25, 0.3) is 5.91 Å². The van der Waals surface area contributed by atoms with Gasteiger partial charge < -0.3 is 14.8 Å². The van der Waals surface area contributed by atoms with E-state index >= 15 is 0 Å². The van der Waals surface area contributed by atoms with Crippen molar-refractivity contribution in [1.82, 2.24) is 0 Å². The van der Waals surface area contributed by atoms with Gasteiger partial charge in [0, 0.05) is 5.56 Å². The molecule has 0 aliphatic rings. The lowest BCUT2D eigenvalue weighted by atomic mass is 10.1. The van der Waals surface area contributed by atoms with Crippen molar-refractivity contribution in [2.24, 2.45) is 0 Å². The summed E-state index contributed by atoms with van der Waals surface area (Å²) >= 11 is 12.5. The number of hydrogen-bond acceptors (Lipinski definition) is 3. The Hall–Kier alpha value is -1.91. The second-order valence-electron chi connectivity index (χ2n) is 5.50. The number of halogens is 2. The van der Waals surface area contributed by atoms with Crippen molar-refractivity contribution < 1.29 is 14.3 Å². The van der Waals surface area contributed by atoms with Crippen LogP contribution in [0.15, 0.2) is 30.3 Å². The van der Waals surface area contributed by atoms with Crippen LogP contribution in [0, 0.1) is 6.92 Å². The molecule has 1 N–H and O–H groups in total. The van der Waals surface area contributed by atoms with Crippen molar-refractivity contribution in [1.29, 1.82) is 0 Å². The standard InChI is InChI=1S/C19H21Cl2NO3/c1-4-8-25-18-15(21)10-13(11-17(18)24-5-2)19(23)22-16-7-6-12(3)9-14(16)20/h6-7,9-11H,4-5,8H2,1-3H3,(H,22,23). The topological polar surface area (TPSA) is 47.6 Å². The molecule has 0 saturated heterocycles. The van der Waals surface area contributed by atoms with Gasteiger partial charge in [0.15, 0.2) is 11.5 Å². The fourth-order valence-corrected chi connectivity index (χ4v) is 2.77. The number of aryl methyl sites for hydroxylation is 1. The van der Waals surface area contributed by atoms with Gasteiger partial charge in [-0.1, -0.05) is 36.2 Å². The van der Waals surface area contributed by atoms with Crippen LogP contribution in [0.4, 0.5) is 5.69 Å². The summed E-state index contributed by atoms with van der Waals surface area (Å²) in [5, 5.41) is 3.60. The summed E-state index contributed by atoms with van der Waals surface area (Å²) in [6, 6.07) is 8.61. The quantitative estimate of drug-likeness (QED) is 0.664. The van der Waals surface area contributed by atoms with Gasteiger partial charge in [-0.2, -0.15) is 0 Å². The van der Waals surface area contributed by atoms with Crippen molar-refractivity contribution in [3.8, 4) is 11.5 Å². The Labute approximate surface area is 158 Å². The predicted molar refractivity (Wildman–Crippen MR) is 103 cm³/mol. The number of carbonyl (C=O) groups is 1. The second kappa shape index (κ2) is 8.97. The third-order valence-corrected chi connectivity index (χ3v) is 3.99. The number of rotatable bonds is 7. The molecule has 0 atom stereocenters. The van der Waals surface area contributed by atoms with E-state index in [1.54, 1.807) is 24.3 Å². The molecule has 6 heteroatoms. The Kier molecular flexibility index (Phi) is 6.97. The third kappa shape index (κ3) is 5.03. The van der Waals surface area contributed by atoms with E-state index in [9.17, 15) is 4.79 Å². The monoisotopic (exact) mass is 381 g/mol. The van der Waals surface area contributed by atoms with Crippen molar-refractivity contribution in [3.05, 3.63) is 51.5 Å². The molecule has 0 bridgehead atoms. The van der Waals surface area contributed by atoms with E-state index in [1.807, 2.05) is 26.8 Å². The lowest BCUT2D eigenvalue weighted by Gasteiger charge is -2.15. The van der Waals surface area contributed by atoms with Gasteiger partial charge >= 0.3 is 0 Å². The average Bonchev–Trinajstić information content (AvgIpc) is 2.56. The van der Waals surface area contributed by atoms with Crippen molar-refractivity contribution in [2.45, 2.75) is 27.2 Å². The molecule has 0 heterocycles. The summed E-state index contributed by atoms with van der Waals surface area (Å²) in [5.74, 6) is 0.578. The molecule has 2 rings (SSSR count). The van der Waals surface area contributed by atoms with Crippen LogP contribution in [-0.2, 0) is 0 Å². The number of hydrogen-bond donors (Lipinski definition) is 1. The minimum absolute atomic E-state index is 0.323. The maximum atomic E-state index is 12.6. The first kappa shape index (κ1) is 19.4. The van der Waals surface area contributed by atoms with E-state index in [0.29, 0.717) is 46.0 Å². The van der Waals surface area contributed by atoms with Crippen molar-refractivity contribution in [3.63, 3.8) is 0 Å². The Bertz CT molecular complexity index is 763. The van der Waals surface area contributed by atoms with Crippen LogP contribution in [0.5, 0.6) is 11.5 Å². The first-order valence-electron chi connectivity index (χ1n) is 8.12. The molecular weight excluding hydrogens is 361 g/mol. The van der Waals surface area contributed by atoms with E-state index in [4.69, 9.17) is 32.7 Å². The maximum absolute atomic E-state index is 12.6. The highest BCUT2D eigenvalue weighted by atomic mass is 35.5. The summed E-state index contributed by atoms with van der Waals surface area (Å²) in [5.41, 5.74) is 1.92. The molecule has 2 aromatic carbocycles. The Morgan fingerprint density at radius 3 is 2.48 bits per heavy atom. The fraction of sp³-hybridized carbons (Fsp3) is 0.316. The predicted octanol–water partition coefficient (Wildman–Crippen LogP) is 5.74. The van der Waals surface area contributed by atoms with Gasteiger partial charge in [0.05, 0.1) is 28.9 Å². The molecule has 0 radical (unpaired) electrons. The third-order valence-electron chi connectivity index (χ3n) is 3.39. The van der Waals surface area contributed by atoms with Crippen LogP contribution in [0.25, 0.3) is 0 Å². The van der Waals surface area contributed by atoms with Crippen molar-refractivity contribution in [2.75, 3.05) is 18.5 Å².